The summed E-state index contributed by atoms with van der Waals surface area (Å²) >= 11 is 1.60. The van der Waals surface area contributed by atoms with Gasteiger partial charge in [0.25, 0.3) is 0 Å². The quantitative estimate of drug-likeness (QED) is 0.889. The molecular formula is C14H20FN2OS+. The van der Waals surface area contributed by atoms with Crippen molar-refractivity contribution in [2.45, 2.75) is 17.5 Å². The average Bonchev–Trinajstić information content (AvgIpc) is 2.63. The molecule has 2 rings (SSSR count). The summed E-state index contributed by atoms with van der Waals surface area (Å²) in [4.78, 5) is 15.4. The molecule has 5 heteroatoms. The summed E-state index contributed by atoms with van der Waals surface area (Å²) in [6, 6.07) is 6.55. The second kappa shape index (κ2) is 5.92. The van der Waals surface area contributed by atoms with Crippen molar-refractivity contribution < 1.29 is 14.1 Å². The summed E-state index contributed by atoms with van der Waals surface area (Å²) in [5, 5.41) is -0.108. The van der Waals surface area contributed by atoms with E-state index in [1.807, 2.05) is 17.9 Å². The van der Waals surface area contributed by atoms with E-state index < -0.39 is 0 Å². The van der Waals surface area contributed by atoms with Crippen LogP contribution >= 0.6 is 11.8 Å². The van der Waals surface area contributed by atoms with Gasteiger partial charge in [-0.25, -0.2) is 4.39 Å². The van der Waals surface area contributed by atoms with Gasteiger partial charge >= 0.3 is 0 Å². The number of hydrogen-bond acceptors (Lipinski definition) is 2. The molecule has 1 N–H and O–H groups in total. The Balaban J connectivity index is 2.19. The van der Waals surface area contributed by atoms with E-state index >= 15 is 0 Å². The van der Waals surface area contributed by atoms with Gasteiger partial charge in [-0.1, -0.05) is 12.1 Å². The number of rotatable bonds is 4. The third-order valence-electron chi connectivity index (χ3n) is 3.23. The van der Waals surface area contributed by atoms with Gasteiger partial charge in [0.2, 0.25) is 5.91 Å². The molecule has 2 atom stereocenters. The number of amides is 1. The maximum absolute atomic E-state index is 13.3. The van der Waals surface area contributed by atoms with Gasteiger partial charge in [0.05, 0.1) is 32.4 Å². The molecule has 0 unspecified atom stereocenters. The van der Waals surface area contributed by atoms with Crippen LogP contribution in [-0.2, 0) is 4.79 Å². The summed E-state index contributed by atoms with van der Waals surface area (Å²) in [6.45, 7) is 3.52. The standard InChI is InChI=1S/C14H19FN2OS/c1-10-13(18)17(8-7-16(2)3)14(19-10)11-5-4-6-12(15)9-11/h4-6,9-10,14H,7-8H2,1-3H3/p+1/t10-,14+/m1/s1. The molecule has 1 aliphatic rings. The molecule has 0 aliphatic carbocycles. The molecule has 1 aliphatic heterocycles. The molecular weight excluding hydrogens is 263 g/mol. The first-order valence-electron chi connectivity index (χ1n) is 6.49. The molecule has 3 nitrogen and oxygen atoms in total. The van der Waals surface area contributed by atoms with Gasteiger partial charge in [-0.2, -0.15) is 0 Å². The normalized spacial score (nSPS) is 23.4. The summed E-state index contributed by atoms with van der Waals surface area (Å²) in [7, 11) is 4.13. The highest BCUT2D eigenvalue weighted by atomic mass is 32.2. The van der Waals surface area contributed by atoms with E-state index in [1.54, 1.807) is 17.8 Å². The van der Waals surface area contributed by atoms with Crippen LogP contribution < -0.4 is 4.90 Å². The van der Waals surface area contributed by atoms with E-state index in [-0.39, 0.29) is 22.3 Å². The fraction of sp³-hybridized carbons (Fsp3) is 0.500. The zero-order valence-electron chi connectivity index (χ0n) is 11.5. The first-order chi connectivity index (χ1) is 8.99. The maximum atomic E-state index is 13.3. The van der Waals surface area contributed by atoms with Gasteiger partial charge in [-0.3, -0.25) is 4.79 Å². The maximum Gasteiger partial charge on any atom is 0.236 e. The van der Waals surface area contributed by atoms with Gasteiger partial charge in [0.15, 0.2) is 0 Å². The number of carbonyl (C=O) groups excluding carboxylic acids is 1. The van der Waals surface area contributed by atoms with Gasteiger partial charge in [0.1, 0.15) is 11.2 Å². The smallest absolute Gasteiger partial charge is 0.236 e. The van der Waals surface area contributed by atoms with Crippen molar-refractivity contribution >= 4 is 17.7 Å². The predicted molar refractivity (Wildman–Crippen MR) is 75.6 cm³/mol. The highest BCUT2D eigenvalue weighted by molar-refractivity contribution is 8.01. The number of nitrogens with zero attached hydrogens (tertiary/aromatic N) is 1. The first kappa shape index (κ1) is 14.3. The molecule has 0 bridgehead atoms. The number of likely N-dealkylation sites (N-methyl/N-ethyl adjacent to an activating group) is 1. The molecule has 1 fully saturated rings. The first-order valence-corrected chi connectivity index (χ1v) is 7.43. The Labute approximate surface area is 117 Å². The van der Waals surface area contributed by atoms with E-state index in [0.717, 1.165) is 12.1 Å². The monoisotopic (exact) mass is 283 g/mol. The number of nitrogens with one attached hydrogen (secondary N) is 1. The summed E-state index contributed by atoms with van der Waals surface area (Å²) in [5.41, 5.74) is 0.872. The average molecular weight is 283 g/mol. The van der Waals surface area contributed by atoms with Crippen LogP contribution in [0, 0.1) is 5.82 Å². The zero-order chi connectivity index (χ0) is 14.0. The van der Waals surface area contributed by atoms with Crippen LogP contribution in [0.2, 0.25) is 0 Å². The van der Waals surface area contributed by atoms with E-state index in [4.69, 9.17) is 0 Å². The van der Waals surface area contributed by atoms with Gasteiger partial charge in [-0.05, 0) is 24.6 Å². The van der Waals surface area contributed by atoms with Crippen LogP contribution in [0.4, 0.5) is 4.39 Å². The molecule has 1 heterocycles. The lowest BCUT2D eigenvalue weighted by Gasteiger charge is -2.24. The van der Waals surface area contributed by atoms with Gasteiger partial charge in [-0.15, -0.1) is 11.8 Å². The van der Waals surface area contributed by atoms with Gasteiger partial charge < -0.3 is 9.80 Å². The Kier molecular flexibility index (Phi) is 4.47. The van der Waals surface area contributed by atoms with Crippen molar-refractivity contribution in [2.75, 3.05) is 27.2 Å². The number of halogens is 1. The minimum Gasteiger partial charge on any atom is -0.338 e. The second-order valence-electron chi connectivity index (χ2n) is 5.17. The fourth-order valence-corrected chi connectivity index (χ4v) is 3.46. The minimum atomic E-state index is -0.247. The number of hydrogen-bond donors (Lipinski definition) is 1. The Hall–Kier alpha value is -1.07. The predicted octanol–water partition coefficient (Wildman–Crippen LogP) is 0.933. The molecule has 1 amide bonds. The molecule has 104 valence electrons. The molecule has 1 aromatic carbocycles. The van der Waals surface area contributed by atoms with E-state index in [9.17, 15) is 9.18 Å². The van der Waals surface area contributed by atoms with Crippen LogP contribution in [0.5, 0.6) is 0 Å². The Morgan fingerprint density at radius 2 is 2.16 bits per heavy atom. The lowest BCUT2D eigenvalue weighted by molar-refractivity contribution is -0.857. The highest BCUT2D eigenvalue weighted by Crippen LogP contribution is 2.42. The van der Waals surface area contributed by atoms with E-state index in [1.165, 1.54) is 17.0 Å². The minimum absolute atomic E-state index is 0.0505. The molecule has 0 spiro atoms. The van der Waals surface area contributed by atoms with Crippen molar-refractivity contribution in [3.8, 4) is 0 Å². The summed E-state index contributed by atoms with van der Waals surface area (Å²) < 4.78 is 13.3. The van der Waals surface area contributed by atoms with Gasteiger partial charge in [0, 0.05) is 0 Å². The summed E-state index contributed by atoms with van der Waals surface area (Å²) in [6.07, 6.45) is 0. The number of carbonyl (C=O) groups is 1. The third kappa shape index (κ3) is 3.28. The van der Waals surface area contributed by atoms with E-state index in [0.29, 0.717) is 6.54 Å². The number of benzene rings is 1. The highest BCUT2D eigenvalue weighted by Gasteiger charge is 2.38. The van der Waals surface area contributed by atoms with Crippen LogP contribution in [-0.4, -0.2) is 43.2 Å². The molecule has 19 heavy (non-hydrogen) atoms. The van der Waals surface area contributed by atoms with Crippen molar-refractivity contribution in [3.05, 3.63) is 35.6 Å². The number of quaternary nitrogens is 1. The largest absolute Gasteiger partial charge is 0.338 e. The lowest BCUT2D eigenvalue weighted by Crippen LogP contribution is -3.06. The SMILES string of the molecule is C[C@H]1S[C@@H](c2cccc(F)c2)N(CC[NH+](C)C)C1=O. The Morgan fingerprint density at radius 1 is 1.42 bits per heavy atom. The van der Waals surface area contributed by atoms with Crippen LogP contribution in [0.3, 0.4) is 0 Å². The van der Waals surface area contributed by atoms with Crippen molar-refractivity contribution in [2.24, 2.45) is 0 Å². The molecule has 0 saturated carbocycles. The third-order valence-corrected chi connectivity index (χ3v) is 4.63. The topological polar surface area (TPSA) is 24.8 Å². The lowest BCUT2D eigenvalue weighted by atomic mass is 10.2. The molecule has 1 aromatic rings. The van der Waals surface area contributed by atoms with Crippen molar-refractivity contribution in [1.82, 2.24) is 4.90 Å². The van der Waals surface area contributed by atoms with Crippen LogP contribution in [0.25, 0.3) is 0 Å². The second-order valence-corrected chi connectivity index (χ2v) is 6.60. The van der Waals surface area contributed by atoms with Crippen LogP contribution in [0.15, 0.2) is 24.3 Å². The summed E-state index contributed by atoms with van der Waals surface area (Å²) in [5.74, 6) is -0.0937. The Bertz CT molecular complexity index is 467. The zero-order valence-corrected chi connectivity index (χ0v) is 12.3. The fourth-order valence-electron chi connectivity index (χ4n) is 2.16. The number of thioether (sulfide) groups is 1. The van der Waals surface area contributed by atoms with Crippen molar-refractivity contribution in [3.63, 3.8) is 0 Å². The Morgan fingerprint density at radius 3 is 2.79 bits per heavy atom. The molecule has 1 saturated heterocycles. The van der Waals surface area contributed by atoms with Crippen LogP contribution in [0.1, 0.15) is 17.9 Å². The molecule has 0 radical (unpaired) electrons. The van der Waals surface area contributed by atoms with Crippen molar-refractivity contribution in [1.29, 1.82) is 0 Å². The van der Waals surface area contributed by atoms with E-state index in [2.05, 4.69) is 14.1 Å². The molecule has 0 aromatic heterocycles.